The van der Waals surface area contributed by atoms with Crippen molar-refractivity contribution in [2.75, 3.05) is 25.0 Å². The fraction of sp³-hybridized carbons (Fsp3) is 0.467. The fourth-order valence-electron chi connectivity index (χ4n) is 2.36. The lowest BCUT2D eigenvalue weighted by Crippen LogP contribution is -2.37. The summed E-state index contributed by atoms with van der Waals surface area (Å²) in [4.78, 5) is 24.9. The maximum Gasteiger partial charge on any atom is 0.321 e. The van der Waals surface area contributed by atoms with Crippen molar-refractivity contribution in [2.24, 2.45) is 5.41 Å². The summed E-state index contributed by atoms with van der Waals surface area (Å²) in [5.74, 6) is -0.325. The van der Waals surface area contributed by atoms with Crippen LogP contribution in [0.15, 0.2) is 18.2 Å². The Balaban J connectivity index is 2.01. The van der Waals surface area contributed by atoms with Crippen LogP contribution in [-0.2, 0) is 4.79 Å². The van der Waals surface area contributed by atoms with E-state index in [9.17, 15) is 14.7 Å². The molecule has 1 unspecified atom stereocenters. The van der Waals surface area contributed by atoms with E-state index in [0.29, 0.717) is 36.0 Å². The molecule has 1 saturated heterocycles. The van der Waals surface area contributed by atoms with Crippen LogP contribution in [0.3, 0.4) is 0 Å². The van der Waals surface area contributed by atoms with Gasteiger partial charge in [0, 0.05) is 18.8 Å². The molecule has 120 valence electrons. The first kappa shape index (κ1) is 16.4. The molecule has 0 spiro atoms. The summed E-state index contributed by atoms with van der Waals surface area (Å²) in [6.07, 6.45) is 0.444. The second-order valence-electron chi connectivity index (χ2n) is 5.55. The van der Waals surface area contributed by atoms with Gasteiger partial charge in [-0.25, -0.2) is 4.79 Å². The van der Waals surface area contributed by atoms with E-state index in [1.54, 1.807) is 25.1 Å². The van der Waals surface area contributed by atoms with Gasteiger partial charge in [0.25, 0.3) is 0 Å². The Morgan fingerprint density at radius 3 is 2.77 bits per heavy atom. The van der Waals surface area contributed by atoms with Gasteiger partial charge in [-0.2, -0.15) is 0 Å². The normalized spacial score (nSPS) is 20.8. The second kappa shape index (κ2) is 6.44. The molecule has 1 fully saturated rings. The van der Waals surface area contributed by atoms with Gasteiger partial charge in [-0.3, -0.25) is 4.79 Å². The number of hydrogen-bond donors (Lipinski definition) is 2. The quantitative estimate of drug-likeness (QED) is 0.891. The molecule has 0 saturated carbocycles. The van der Waals surface area contributed by atoms with Crippen molar-refractivity contribution in [3.8, 4) is 5.75 Å². The number of ether oxygens (including phenoxy) is 1. The first-order chi connectivity index (χ1) is 10.4. The van der Waals surface area contributed by atoms with Crippen molar-refractivity contribution in [1.82, 2.24) is 4.90 Å². The van der Waals surface area contributed by atoms with Crippen LogP contribution in [0.4, 0.5) is 10.5 Å². The van der Waals surface area contributed by atoms with Gasteiger partial charge in [0.2, 0.25) is 0 Å². The predicted molar refractivity (Wildman–Crippen MR) is 83.6 cm³/mol. The molecule has 2 N–H and O–H groups in total. The Hall–Kier alpha value is -1.95. The molecule has 0 radical (unpaired) electrons. The standard InChI is InChI=1S/C15H19ClN2O4/c1-3-22-12-5-4-10(8-11(12)16)17-14(21)18-7-6-15(2,9-18)13(19)20/h4-5,8H,3,6-7,9H2,1-2H3,(H,17,21)(H,19,20). The highest BCUT2D eigenvalue weighted by atomic mass is 35.5. The van der Waals surface area contributed by atoms with Crippen molar-refractivity contribution in [1.29, 1.82) is 0 Å². The average molecular weight is 327 g/mol. The van der Waals surface area contributed by atoms with Crippen LogP contribution >= 0.6 is 11.6 Å². The molecule has 1 aliphatic rings. The molecule has 6 nitrogen and oxygen atoms in total. The lowest BCUT2D eigenvalue weighted by molar-refractivity contribution is -0.146. The molecule has 1 aromatic rings. The number of aliphatic carboxylic acids is 1. The Labute approximate surface area is 134 Å². The molecule has 22 heavy (non-hydrogen) atoms. The molecule has 0 aliphatic carbocycles. The number of hydrogen-bond acceptors (Lipinski definition) is 3. The Morgan fingerprint density at radius 2 is 2.23 bits per heavy atom. The summed E-state index contributed by atoms with van der Waals surface area (Å²) in [7, 11) is 0. The number of rotatable bonds is 4. The van der Waals surface area contributed by atoms with Gasteiger partial charge in [0.05, 0.1) is 17.0 Å². The molecule has 1 heterocycles. The van der Waals surface area contributed by atoms with Crippen molar-refractivity contribution < 1.29 is 19.4 Å². The van der Waals surface area contributed by atoms with E-state index < -0.39 is 11.4 Å². The van der Waals surface area contributed by atoms with E-state index in [0.717, 1.165) is 0 Å². The molecule has 7 heteroatoms. The number of benzene rings is 1. The number of carbonyl (C=O) groups excluding carboxylic acids is 1. The SMILES string of the molecule is CCOc1ccc(NC(=O)N2CCC(C)(C(=O)O)C2)cc1Cl. The molecule has 2 rings (SSSR count). The van der Waals surface area contributed by atoms with Gasteiger partial charge in [-0.15, -0.1) is 0 Å². The van der Waals surface area contributed by atoms with Crippen LogP contribution in [0.2, 0.25) is 5.02 Å². The molecule has 0 aromatic heterocycles. The second-order valence-corrected chi connectivity index (χ2v) is 5.95. The van der Waals surface area contributed by atoms with Gasteiger partial charge < -0.3 is 20.1 Å². The minimum atomic E-state index is -0.882. The number of carboxylic acid groups (broad SMARTS) is 1. The highest BCUT2D eigenvalue weighted by molar-refractivity contribution is 6.32. The highest BCUT2D eigenvalue weighted by Gasteiger charge is 2.42. The monoisotopic (exact) mass is 326 g/mol. The van der Waals surface area contributed by atoms with Crippen molar-refractivity contribution >= 4 is 29.3 Å². The average Bonchev–Trinajstić information content (AvgIpc) is 2.86. The zero-order valence-corrected chi connectivity index (χ0v) is 13.3. The summed E-state index contributed by atoms with van der Waals surface area (Å²) in [5, 5.41) is 12.3. The van der Waals surface area contributed by atoms with Crippen molar-refractivity contribution in [3.05, 3.63) is 23.2 Å². The van der Waals surface area contributed by atoms with Crippen LogP contribution in [0.5, 0.6) is 5.75 Å². The molecule has 1 atom stereocenters. The molecule has 1 aromatic carbocycles. The smallest absolute Gasteiger partial charge is 0.321 e. The Bertz CT molecular complexity index is 593. The predicted octanol–water partition coefficient (Wildman–Crippen LogP) is 3.07. The van der Waals surface area contributed by atoms with Gasteiger partial charge in [0.1, 0.15) is 5.75 Å². The van der Waals surface area contributed by atoms with Crippen LogP contribution in [0.25, 0.3) is 0 Å². The number of carbonyl (C=O) groups is 2. The lowest BCUT2D eigenvalue weighted by atomic mass is 9.90. The maximum atomic E-state index is 12.2. The number of nitrogens with one attached hydrogen (secondary N) is 1. The minimum Gasteiger partial charge on any atom is -0.492 e. The summed E-state index contributed by atoms with van der Waals surface area (Å²) >= 11 is 6.07. The van der Waals surface area contributed by atoms with Gasteiger partial charge >= 0.3 is 12.0 Å². The van der Waals surface area contributed by atoms with Crippen LogP contribution in [0, 0.1) is 5.41 Å². The van der Waals surface area contributed by atoms with Crippen LogP contribution in [0.1, 0.15) is 20.3 Å². The summed E-state index contributed by atoms with van der Waals surface area (Å²) in [5.41, 5.74) is -0.337. The molecule has 2 amide bonds. The van der Waals surface area contributed by atoms with Gasteiger partial charge in [-0.05, 0) is 38.5 Å². The number of amides is 2. The first-order valence-electron chi connectivity index (χ1n) is 7.07. The van der Waals surface area contributed by atoms with Crippen molar-refractivity contribution in [3.63, 3.8) is 0 Å². The van der Waals surface area contributed by atoms with E-state index >= 15 is 0 Å². The first-order valence-corrected chi connectivity index (χ1v) is 7.45. The third-order valence-electron chi connectivity index (χ3n) is 3.76. The summed E-state index contributed by atoms with van der Waals surface area (Å²) in [6.45, 7) is 4.63. The number of carboxylic acids is 1. The third-order valence-corrected chi connectivity index (χ3v) is 4.06. The van der Waals surface area contributed by atoms with Crippen LogP contribution < -0.4 is 10.1 Å². The van der Waals surface area contributed by atoms with E-state index in [1.807, 2.05) is 6.92 Å². The lowest BCUT2D eigenvalue weighted by Gasteiger charge is -2.20. The summed E-state index contributed by atoms with van der Waals surface area (Å²) in [6, 6.07) is 4.66. The zero-order chi connectivity index (χ0) is 16.3. The topological polar surface area (TPSA) is 78.9 Å². The van der Waals surface area contributed by atoms with E-state index in [2.05, 4.69) is 5.32 Å². The zero-order valence-electron chi connectivity index (χ0n) is 12.6. The molecular formula is C15H19ClN2O4. The van der Waals surface area contributed by atoms with E-state index in [4.69, 9.17) is 16.3 Å². The van der Waals surface area contributed by atoms with E-state index in [-0.39, 0.29) is 12.6 Å². The summed E-state index contributed by atoms with van der Waals surface area (Å²) < 4.78 is 5.33. The van der Waals surface area contributed by atoms with E-state index in [1.165, 1.54) is 4.90 Å². The number of halogens is 1. The van der Waals surface area contributed by atoms with Crippen LogP contribution in [-0.4, -0.2) is 41.7 Å². The van der Waals surface area contributed by atoms with Crippen molar-refractivity contribution in [2.45, 2.75) is 20.3 Å². The molecular weight excluding hydrogens is 308 g/mol. The highest BCUT2D eigenvalue weighted by Crippen LogP contribution is 2.31. The number of anilines is 1. The maximum absolute atomic E-state index is 12.2. The molecule has 0 bridgehead atoms. The van der Waals surface area contributed by atoms with Gasteiger partial charge in [0.15, 0.2) is 0 Å². The third kappa shape index (κ3) is 3.44. The largest absolute Gasteiger partial charge is 0.492 e. The number of urea groups is 1. The minimum absolute atomic E-state index is 0.193. The molecule has 1 aliphatic heterocycles. The van der Waals surface area contributed by atoms with Gasteiger partial charge in [-0.1, -0.05) is 11.6 Å². The Kier molecular flexibility index (Phi) is 4.81. The number of likely N-dealkylation sites (tertiary alicyclic amines) is 1. The Morgan fingerprint density at radius 1 is 1.50 bits per heavy atom. The fourth-order valence-corrected chi connectivity index (χ4v) is 2.60. The number of nitrogens with zero attached hydrogens (tertiary/aromatic N) is 1.